The fraction of sp³-hybridized carbons (Fsp3) is 0.538. The first-order valence-electron chi connectivity index (χ1n) is 6.89. The summed E-state index contributed by atoms with van der Waals surface area (Å²) in [6.07, 6.45) is 2.31. The van der Waals surface area contributed by atoms with E-state index in [1.165, 1.54) is 6.20 Å². The first-order valence-corrected chi connectivity index (χ1v) is 8.37. The maximum absolute atomic E-state index is 12.5. The topological polar surface area (TPSA) is 91.4 Å². The van der Waals surface area contributed by atoms with Crippen LogP contribution in [0.2, 0.25) is 0 Å². The molecule has 7 nitrogen and oxygen atoms in total. The van der Waals surface area contributed by atoms with Crippen molar-refractivity contribution in [2.75, 3.05) is 25.5 Å². The van der Waals surface area contributed by atoms with Crippen LogP contribution in [0.25, 0.3) is 0 Å². The highest BCUT2D eigenvalue weighted by molar-refractivity contribution is 7.89. The number of pyridine rings is 1. The van der Waals surface area contributed by atoms with Crippen molar-refractivity contribution in [2.45, 2.75) is 30.8 Å². The second kappa shape index (κ2) is 6.40. The molecule has 1 atom stereocenters. The third kappa shape index (κ3) is 3.70. The van der Waals surface area contributed by atoms with Crippen LogP contribution in [0, 0.1) is 0 Å². The van der Waals surface area contributed by atoms with Gasteiger partial charge in [0.2, 0.25) is 5.91 Å². The molecule has 1 unspecified atom stereocenters. The molecule has 21 heavy (non-hydrogen) atoms. The SMILES string of the molecule is CCNc1cccnc1S(=O)(=O)NC1CCC(=O)N(C)C1. The second-order valence-electron chi connectivity index (χ2n) is 5.02. The molecule has 2 heterocycles. The predicted octanol–water partition coefficient (Wildman–Crippen LogP) is 0.412. The smallest absolute Gasteiger partial charge is 0.260 e. The van der Waals surface area contributed by atoms with E-state index < -0.39 is 10.0 Å². The van der Waals surface area contributed by atoms with Gasteiger partial charge in [-0.25, -0.2) is 18.1 Å². The molecule has 0 saturated carbocycles. The Kier molecular flexibility index (Phi) is 4.79. The Morgan fingerprint density at radius 3 is 2.90 bits per heavy atom. The highest BCUT2D eigenvalue weighted by Crippen LogP contribution is 2.19. The Bertz CT molecular complexity index is 618. The van der Waals surface area contributed by atoms with Crippen LogP contribution in [0.15, 0.2) is 23.4 Å². The molecule has 116 valence electrons. The lowest BCUT2D eigenvalue weighted by atomic mass is 10.1. The quantitative estimate of drug-likeness (QED) is 0.822. The van der Waals surface area contributed by atoms with Crippen LogP contribution in [-0.2, 0) is 14.8 Å². The minimum absolute atomic E-state index is 0.00796. The Labute approximate surface area is 124 Å². The lowest BCUT2D eigenvalue weighted by Gasteiger charge is -2.29. The van der Waals surface area contributed by atoms with Gasteiger partial charge in [0.1, 0.15) is 0 Å². The number of likely N-dealkylation sites (N-methyl/N-ethyl adjacent to an activating group) is 1. The van der Waals surface area contributed by atoms with E-state index in [4.69, 9.17) is 0 Å². The molecule has 2 N–H and O–H groups in total. The standard InChI is InChI=1S/C13H20N4O3S/c1-3-14-11-5-4-8-15-13(11)21(19,20)16-10-6-7-12(18)17(2)9-10/h4-5,8,10,14,16H,3,6-7,9H2,1-2H3. The minimum atomic E-state index is -3.72. The number of sulfonamides is 1. The van der Waals surface area contributed by atoms with E-state index in [-0.39, 0.29) is 17.0 Å². The summed E-state index contributed by atoms with van der Waals surface area (Å²) in [5, 5.41) is 2.98. The lowest BCUT2D eigenvalue weighted by Crippen LogP contribution is -2.48. The van der Waals surface area contributed by atoms with E-state index >= 15 is 0 Å². The van der Waals surface area contributed by atoms with E-state index in [0.29, 0.717) is 31.6 Å². The number of anilines is 1. The molecule has 1 saturated heterocycles. The molecule has 8 heteroatoms. The van der Waals surface area contributed by atoms with Gasteiger partial charge < -0.3 is 10.2 Å². The normalized spacial score (nSPS) is 19.6. The van der Waals surface area contributed by atoms with E-state index in [2.05, 4.69) is 15.0 Å². The molecule has 2 rings (SSSR count). The largest absolute Gasteiger partial charge is 0.383 e. The number of rotatable bonds is 5. The van der Waals surface area contributed by atoms with Crippen molar-refractivity contribution in [1.82, 2.24) is 14.6 Å². The summed E-state index contributed by atoms with van der Waals surface area (Å²) in [7, 11) is -2.04. The van der Waals surface area contributed by atoms with Gasteiger partial charge in [0.25, 0.3) is 10.0 Å². The molecule has 1 aromatic heterocycles. The Morgan fingerprint density at radius 2 is 2.24 bits per heavy atom. The van der Waals surface area contributed by atoms with Crippen molar-refractivity contribution >= 4 is 21.6 Å². The maximum Gasteiger partial charge on any atom is 0.260 e. The van der Waals surface area contributed by atoms with Crippen molar-refractivity contribution in [1.29, 1.82) is 0 Å². The fourth-order valence-electron chi connectivity index (χ4n) is 2.31. The van der Waals surface area contributed by atoms with E-state index in [0.717, 1.165) is 0 Å². The lowest BCUT2D eigenvalue weighted by molar-refractivity contribution is -0.132. The molecular weight excluding hydrogens is 292 g/mol. The molecule has 0 aromatic carbocycles. The van der Waals surface area contributed by atoms with Crippen molar-refractivity contribution in [3.8, 4) is 0 Å². The van der Waals surface area contributed by atoms with Crippen LogP contribution in [-0.4, -0.2) is 50.4 Å². The number of carbonyl (C=O) groups excluding carboxylic acids is 1. The van der Waals surface area contributed by atoms with Crippen molar-refractivity contribution in [2.24, 2.45) is 0 Å². The zero-order chi connectivity index (χ0) is 15.5. The Balaban J connectivity index is 2.17. The first kappa shape index (κ1) is 15.7. The average Bonchev–Trinajstić information content (AvgIpc) is 2.43. The summed E-state index contributed by atoms with van der Waals surface area (Å²) in [5.74, 6) is 0.0385. The molecule has 0 bridgehead atoms. The van der Waals surface area contributed by atoms with Gasteiger partial charge >= 0.3 is 0 Å². The monoisotopic (exact) mass is 312 g/mol. The zero-order valence-corrected chi connectivity index (χ0v) is 13.0. The summed E-state index contributed by atoms with van der Waals surface area (Å²) >= 11 is 0. The molecule has 0 spiro atoms. The van der Waals surface area contributed by atoms with Crippen LogP contribution in [0.5, 0.6) is 0 Å². The van der Waals surface area contributed by atoms with Gasteiger partial charge in [-0.05, 0) is 25.5 Å². The summed E-state index contributed by atoms with van der Waals surface area (Å²) < 4.78 is 27.6. The molecule has 1 fully saturated rings. The molecule has 0 aliphatic carbocycles. The van der Waals surface area contributed by atoms with Gasteiger partial charge in [0.15, 0.2) is 5.03 Å². The molecule has 1 amide bonds. The van der Waals surface area contributed by atoms with Crippen LogP contribution < -0.4 is 10.0 Å². The van der Waals surface area contributed by atoms with E-state index in [1.54, 1.807) is 24.1 Å². The minimum Gasteiger partial charge on any atom is -0.383 e. The van der Waals surface area contributed by atoms with Crippen molar-refractivity contribution < 1.29 is 13.2 Å². The summed E-state index contributed by atoms with van der Waals surface area (Å²) in [4.78, 5) is 17.0. The average molecular weight is 312 g/mol. The third-order valence-electron chi connectivity index (χ3n) is 3.34. The number of piperidine rings is 1. The number of likely N-dealkylation sites (tertiary alicyclic amines) is 1. The predicted molar refractivity (Wildman–Crippen MR) is 79.4 cm³/mol. The van der Waals surface area contributed by atoms with E-state index in [1.807, 2.05) is 6.92 Å². The van der Waals surface area contributed by atoms with Crippen LogP contribution in [0.3, 0.4) is 0 Å². The van der Waals surface area contributed by atoms with Gasteiger partial charge in [-0.2, -0.15) is 0 Å². The Morgan fingerprint density at radius 1 is 1.48 bits per heavy atom. The highest BCUT2D eigenvalue weighted by Gasteiger charge is 2.29. The number of hydrogen-bond acceptors (Lipinski definition) is 5. The number of carbonyl (C=O) groups is 1. The van der Waals surface area contributed by atoms with E-state index in [9.17, 15) is 13.2 Å². The molecule has 0 radical (unpaired) electrons. The summed E-state index contributed by atoms with van der Waals surface area (Å²) in [6.45, 7) is 2.87. The van der Waals surface area contributed by atoms with Gasteiger partial charge in [-0.3, -0.25) is 4.79 Å². The fourth-order valence-corrected chi connectivity index (χ4v) is 3.69. The molecule has 1 aromatic rings. The first-order chi connectivity index (χ1) is 9.94. The maximum atomic E-state index is 12.5. The number of aromatic nitrogens is 1. The molecular formula is C13H20N4O3S. The van der Waals surface area contributed by atoms with Crippen LogP contribution >= 0.6 is 0 Å². The molecule has 1 aliphatic rings. The van der Waals surface area contributed by atoms with Crippen LogP contribution in [0.4, 0.5) is 5.69 Å². The van der Waals surface area contributed by atoms with Gasteiger partial charge in [0, 0.05) is 38.8 Å². The number of hydrogen-bond donors (Lipinski definition) is 2. The number of nitrogens with zero attached hydrogens (tertiary/aromatic N) is 2. The third-order valence-corrected chi connectivity index (χ3v) is 4.82. The second-order valence-corrected chi connectivity index (χ2v) is 6.65. The Hall–Kier alpha value is -1.67. The van der Waals surface area contributed by atoms with Gasteiger partial charge in [0.05, 0.1) is 5.69 Å². The van der Waals surface area contributed by atoms with Crippen LogP contribution in [0.1, 0.15) is 19.8 Å². The summed E-state index contributed by atoms with van der Waals surface area (Å²) in [5.41, 5.74) is 0.479. The van der Waals surface area contributed by atoms with Crippen molar-refractivity contribution in [3.63, 3.8) is 0 Å². The van der Waals surface area contributed by atoms with Gasteiger partial charge in [-0.15, -0.1) is 0 Å². The zero-order valence-electron chi connectivity index (χ0n) is 12.2. The number of amides is 1. The molecule has 1 aliphatic heterocycles. The van der Waals surface area contributed by atoms with Crippen molar-refractivity contribution in [3.05, 3.63) is 18.3 Å². The highest BCUT2D eigenvalue weighted by atomic mass is 32.2. The number of nitrogens with one attached hydrogen (secondary N) is 2. The summed E-state index contributed by atoms with van der Waals surface area (Å²) in [6, 6.07) is 3.08. The van der Waals surface area contributed by atoms with Gasteiger partial charge in [-0.1, -0.05) is 0 Å².